The zero-order valence-electron chi connectivity index (χ0n) is 20.1. The number of aromatic amines is 1. The fraction of sp³-hybridized carbons (Fsp3) is 0.552. The van der Waals surface area contributed by atoms with E-state index in [1.54, 1.807) is 12.1 Å². The number of fused-ring (bicyclic) bond motifs is 2. The number of imidazole rings is 1. The molecule has 2 heterocycles. The molecule has 3 fully saturated rings. The van der Waals surface area contributed by atoms with Crippen LogP contribution < -0.4 is 4.90 Å². The third kappa shape index (κ3) is 4.12. The topological polar surface area (TPSA) is 31.9 Å². The number of hydrogen-bond acceptors (Lipinski definition) is 2. The molecule has 0 amide bonds. The predicted octanol–water partition coefficient (Wildman–Crippen LogP) is 7.64. The van der Waals surface area contributed by atoms with Crippen molar-refractivity contribution in [3.8, 4) is 0 Å². The first-order valence-electron chi connectivity index (χ1n) is 13.3. The van der Waals surface area contributed by atoms with Crippen molar-refractivity contribution in [1.82, 2.24) is 9.97 Å². The van der Waals surface area contributed by atoms with Gasteiger partial charge in [0.2, 0.25) is 0 Å². The molecule has 180 valence electrons. The Hall–Kier alpha value is -2.43. The quantitative estimate of drug-likeness (QED) is 0.431. The molecule has 0 bridgehead atoms. The number of H-pyrrole nitrogens is 1. The smallest absolute Gasteiger partial charge is 0.131 e. The van der Waals surface area contributed by atoms with Crippen molar-refractivity contribution in [2.45, 2.75) is 77.2 Å². The van der Waals surface area contributed by atoms with Gasteiger partial charge in [0.05, 0.1) is 17.1 Å². The Balaban J connectivity index is 1.21. The summed E-state index contributed by atoms with van der Waals surface area (Å²) < 4.78 is 30.6. The van der Waals surface area contributed by atoms with E-state index in [2.05, 4.69) is 33.1 Å². The molecule has 1 saturated heterocycles. The number of rotatable bonds is 4. The average molecular weight is 464 g/mol. The lowest BCUT2D eigenvalue weighted by atomic mass is 9.66. The Bertz CT molecular complexity index is 1160. The van der Waals surface area contributed by atoms with Crippen LogP contribution in [0.15, 0.2) is 30.3 Å². The molecule has 1 N–H and O–H groups in total. The number of anilines is 1. The zero-order valence-corrected chi connectivity index (χ0v) is 20.1. The maximum atomic E-state index is 15.3. The van der Waals surface area contributed by atoms with E-state index in [4.69, 9.17) is 0 Å². The number of aryl methyl sites for hydroxylation is 1. The lowest BCUT2D eigenvalue weighted by Gasteiger charge is -2.39. The van der Waals surface area contributed by atoms with Crippen molar-refractivity contribution in [3.05, 3.63) is 58.9 Å². The molecule has 1 aromatic heterocycles. The molecule has 2 aromatic carbocycles. The monoisotopic (exact) mass is 463 g/mol. The van der Waals surface area contributed by atoms with Crippen LogP contribution in [0.5, 0.6) is 0 Å². The van der Waals surface area contributed by atoms with Crippen LogP contribution in [0.2, 0.25) is 0 Å². The Morgan fingerprint density at radius 1 is 0.941 bits per heavy atom. The average Bonchev–Trinajstić information content (AvgIpc) is 3.46. The SMILES string of the molecule is Cc1nc2cc([C@H]3CCCN3c3cc(F)c(CC4CC[C@@H]5CCCC[C@@H]5C4)c(F)c3)ccc2[nH]1. The summed E-state index contributed by atoms with van der Waals surface area (Å²) in [5, 5.41) is 0. The number of halogens is 2. The summed E-state index contributed by atoms with van der Waals surface area (Å²) in [5.41, 5.74) is 4.09. The summed E-state index contributed by atoms with van der Waals surface area (Å²) in [6.45, 7) is 2.77. The molecule has 6 rings (SSSR count). The van der Waals surface area contributed by atoms with E-state index < -0.39 is 0 Å². The van der Waals surface area contributed by atoms with E-state index in [9.17, 15) is 0 Å². The third-order valence-electron chi connectivity index (χ3n) is 8.86. The van der Waals surface area contributed by atoms with E-state index >= 15 is 8.78 Å². The van der Waals surface area contributed by atoms with Gasteiger partial charge >= 0.3 is 0 Å². The van der Waals surface area contributed by atoms with Crippen LogP contribution >= 0.6 is 0 Å². The van der Waals surface area contributed by atoms with E-state index in [1.165, 1.54) is 32.1 Å². The second-order valence-corrected chi connectivity index (χ2v) is 11.0. The van der Waals surface area contributed by atoms with E-state index in [0.29, 0.717) is 23.6 Å². The van der Waals surface area contributed by atoms with Crippen molar-refractivity contribution in [2.75, 3.05) is 11.4 Å². The molecule has 4 atom stereocenters. The van der Waals surface area contributed by atoms with Crippen LogP contribution in [0.1, 0.15) is 80.8 Å². The molecule has 2 saturated carbocycles. The minimum atomic E-state index is -0.371. The Kier molecular flexibility index (Phi) is 5.82. The molecule has 3 nitrogen and oxygen atoms in total. The molecule has 3 aromatic rings. The summed E-state index contributed by atoms with van der Waals surface area (Å²) in [6.07, 6.45) is 11.4. The van der Waals surface area contributed by atoms with Gasteiger partial charge in [-0.05, 0) is 93.0 Å². The van der Waals surface area contributed by atoms with Crippen LogP contribution in [0.25, 0.3) is 11.0 Å². The van der Waals surface area contributed by atoms with Crippen LogP contribution in [0.3, 0.4) is 0 Å². The zero-order chi connectivity index (χ0) is 23.2. The fourth-order valence-electron chi connectivity index (χ4n) is 7.18. The second-order valence-electron chi connectivity index (χ2n) is 11.0. The summed E-state index contributed by atoms with van der Waals surface area (Å²) in [6, 6.07) is 9.58. The highest BCUT2D eigenvalue weighted by atomic mass is 19.1. The first-order chi connectivity index (χ1) is 16.5. The molecule has 1 unspecified atom stereocenters. The summed E-state index contributed by atoms with van der Waals surface area (Å²) in [5.74, 6) is 2.21. The maximum absolute atomic E-state index is 15.3. The van der Waals surface area contributed by atoms with Gasteiger partial charge in [0.15, 0.2) is 0 Å². The lowest BCUT2D eigenvalue weighted by molar-refractivity contribution is 0.129. The molecule has 0 radical (unpaired) electrons. The van der Waals surface area contributed by atoms with Gasteiger partial charge in [-0.15, -0.1) is 0 Å². The van der Waals surface area contributed by atoms with E-state index in [-0.39, 0.29) is 17.7 Å². The minimum Gasteiger partial charge on any atom is -0.364 e. The number of nitrogens with one attached hydrogen (secondary N) is 1. The molecular formula is C29H35F2N3. The lowest BCUT2D eigenvalue weighted by Crippen LogP contribution is -2.29. The van der Waals surface area contributed by atoms with Gasteiger partial charge in [-0.1, -0.05) is 31.7 Å². The number of hydrogen-bond donors (Lipinski definition) is 1. The Morgan fingerprint density at radius 2 is 1.74 bits per heavy atom. The maximum Gasteiger partial charge on any atom is 0.131 e. The molecule has 5 heteroatoms. The van der Waals surface area contributed by atoms with Crippen molar-refractivity contribution < 1.29 is 8.78 Å². The molecule has 1 aliphatic heterocycles. The second kappa shape index (κ2) is 8.98. The van der Waals surface area contributed by atoms with Gasteiger partial charge < -0.3 is 9.88 Å². The largest absolute Gasteiger partial charge is 0.364 e. The highest BCUT2D eigenvalue weighted by Crippen LogP contribution is 2.44. The summed E-state index contributed by atoms with van der Waals surface area (Å²) in [4.78, 5) is 10.0. The van der Waals surface area contributed by atoms with Crippen LogP contribution in [0, 0.1) is 36.3 Å². The molecule has 2 aliphatic carbocycles. The summed E-state index contributed by atoms with van der Waals surface area (Å²) >= 11 is 0. The first-order valence-corrected chi connectivity index (χ1v) is 13.3. The highest BCUT2D eigenvalue weighted by molar-refractivity contribution is 5.76. The van der Waals surface area contributed by atoms with Crippen LogP contribution in [-0.4, -0.2) is 16.5 Å². The first kappa shape index (κ1) is 22.1. The van der Waals surface area contributed by atoms with Gasteiger partial charge in [-0.2, -0.15) is 0 Å². The third-order valence-corrected chi connectivity index (χ3v) is 8.86. The Labute approximate surface area is 201 Å². The molecule has 0 spiro atoms. The summed E-state index contributed by atoms with van der Waals surface area (Å²) in [7, 11) is 0. The van der Waals surface area contributed by atoms with Gasteiger partial charge in [-0.3, -0.25) is 0 Å². The Morgan fingerprint density at radius 3 is 2.56 bits per heavy atom. The number of aromatic nitrogens is 2. The van der Waals surface area contributed by atoms with Crippen molar-refractivity contribution >= 4 is 16.7 Å². The number of nitrogens with zero attached hydrogens (tertiary/aromatic N) is 2. The van der Waals surface area contributed by atoms with Crippen LogP contribution in [0.4, 0.5) is 14.5 Å². The van der Waals surface area contributed by atoms with Gasteiger partial charge in [0.25, 0.3) is 0 Å². The molecule has 34 heavy (non-hydrogen) atoms. The van der Waals surface area contributed by atoms with Crippen molar-refractivity contribution in [1.29, 1.82) is 0 Å². The molecule has 3 aliphatic rings. The van der Waals surface area contributed by atoms with Gasteiger partial charge in [0.1, 0.15) is 17.5 Å². The minimum absolute atomic E-state index is 0.118. The van der Waals surface area contributed by atoms with Crippen molar-refractivity contribution in [2.24, 2.45) is 17.8 Å². The van der Waals surface area contributed by atoms with Crippen molar-refractivity contribution in [3.63, 3.8) is 0 Å². The van der Waals surface area contributed by atoms with E-state index in [1.807, 2.05) is 6.92 Å². The van der Waals surface area contributed by atoms with Gasteiger partial charge in [-0.25, -0.2) is 13.8 Å². The fourth-order valence-corrected chi connectivity index (χ4v) is 7.18. The standard InChI is InChI=1S/C29H35F2N3/c1-18-32-27-11-10-22(15-28(27)33-18)29-7-4-12-34(29)23-16-25(30)24(26(31)17-23)14-19-8-9-20-5-2-3-6-21(20)13-19/h10-11,15-17,19-21,29H,2-9,12-14H2,1H3,(H,32,33)/t19?,20-,21+,29+/m0/s1. The predicted molar refractivity (Wildman–Crippen MR) is 133 cm³/mol. The van der Waals surface area contributed by atoms with Crippen LogP contribution in [-0.2, 0) is 6.42 Å². The van der Waals surface area contributed by atoms with E-state index in [0.717, 1.165) is 66.5 Å². The highest BCUT2D eigenvalue weighted by Gasteiger charge is 2.33. The normalized spacial score (nSPS) is 27.3. The molecular weight excluding hydrogens is 428 g/mol. The number of benzene rings is 2. The van der Waals surface area contributed by atoms with Gasteiger partial charge in [0, 0.05) is 17.8 Å².